The van der Waals surface area contributed by atoms with Crippen LogP contribution in [0.25, 0.3) is 11.3 Å². The van der Waals surface area contributed by atoms with Gasteiger partial charge in [-0.1, -0.05) is 23.7 Å². The summed E-state index contributed by atoms with van der Waals surface area (Å²) in [5, 5.41) is 25.0. The third-order valence-corrected chi connectivity index (χ3v) is 6.65. The molecule has 1 aromatic heterocycles. The van der Waals surface area contributed by atoms with Crippen LogP contribution in [-0.4, -0.2) is 69.2 Å². The zero-order valence-corrected chi connectivity index (χ0v) is 21.9. The Bertz CT molecular complexity index is 1490. The zero-order chi connectivity index (χ0) is 30.8. The molecule has 4 rings (SSSR count). The normalized spacial score (nSPS) is 16.4. The number of aromatic nitrogens is 2. The summed E-state index contributed by atoms with van der Waals surface area (Å²) in [5.74, 6) is -1.88. The molecular weight excluding hydrogens is 529 g/mol. The van der Waals surface area contributed by atoms with Crippen LogP contribution in [0, 0.1) is 5.82 Å². The first kappa shape index (κ1) is 24.3. The Balaban J connectivity index is 1.51. The Hall–Kier alpha value is -3.80. The van der Waals surface area contributed by atoms with Crippen LogP contribution in [0.1, 0.15) is 45.5 Å². The number of benzene rings is 2. The molecule has 2 heterocycles. The molecular formula is C27H29ClFN5O5. The number of hydrogen-bond acceptors (Lipinski definition) is 8. The second-order valence-corrected chi connectivity index (χ2v) is 9.57. The zero-order valence-electron chi connectivity index (χ0n) is 24.1. The minimum atomic E-state index is -2.82. The summed E-state index contributed by atoms with van der Waals surface area (Å²) in [6.07, 6.45) is 1.42. The summed E-state index contributed by atoms with van der Waals surface area (Å²) in [6.45, 7) is 2.66. The first-order valence-electron chi connectivity index (χ1n) is 13.5. The molecule has 3 atom stereocenters. The van der Waals surface area contributed by atoms with Gasteiger partial charge in [0.25, 0.3) is 5.91 Å². The van der Waals surface area contributed by atoms with Crippen molar-refractivity contribution in [2.24, 2.45) is 0 Å². The van der Waals surface area contributed by atoms with Gasteiger partial charge in [0.15, 0.2) is 0 Å². The number of rotatable bonds is 10. The molecule has 0 aliphatic carbocycles. The van der Waals surface area contributed by atoms with Gasteiger partial charge in [-0.25, -0.2) is 14.4 Å². The lowest BCUT2D eigenvalue weighted by Crippen LogP contribution is -2.46. The van der Waals surface area contributed by atoms with Crippen LogP contribution in [0.3, 0.4) is 0 Å². The maximum absolute atomic E-state index is 14.2. The molecule has 3 aromatic rings. The van der Waals surface area contributed by atoms with E-state index in [9.17, 15) is 24.2 Å². The summed E-state index contributed by atoms with van der Waals surface area (Å²) in [5.41, 5.74) is 2.05. The van der Waals surface area contributed by atoms with E-state index in [0.717, 1.165) is 12.1 Å². The fraction of sp³-hybridized carbons (Fsp3) is 0.333. The van der Waals surface area contributed by atoms with Gasteiger partial charge < -0.3 is 30.5 Å². The van der Waals surface area contributed by atoms with E-state index < -0.39 is 43.4 Å². The summed E-state index contributed by atoms with van der Waals surface area (Å²) in [7, 11) is -2.82. The molecule has 12 heteroatoms. The fourth-order valence-corrected chi connectivity index (χ4v) is 4.40. The molecule has 2 aromatic carbocycles. The number of hydrogen-bond donors (Lipinski definition) is 4. The first-order valence-corrected chi connectivity index (χ1v) is 12.4. The molecule has 206 valence electrons. The number of methoxy groups -OCH3 is 1. The number of fused-ring (bicyclic) bond motifs is 1. The number of carbonyl (C=O) groups excluding carboxylic acids is 2. The van der Waals surface area contributed by atoms with Gasteiger partial charge in [0, 0.05) is 29.8 Å². The maximum Gasteiger partial charge on any atom is 0.255 e. The lowest BCUT2D eigenvalue weighted by Gasteiger charge is -2.26. The van der Waals surface area contributed by atoms with Crippen LogP contribution in [0.4, 0.5) is 10.3 Å². The van der Waals surface area contributed by atoms with Crippen molar-refractivity contribution in [2.75, 3.05) is 25.6 Å². The number of anilines is 1. The number of halogens is 2. The summed E-state index contributed by atoms with van der Waals surface area (Å²) in [4.78, 5) is 36.4. The van der Waals surface area contributed by atoms with E-state index in [1.807, 2.05) is 0 Å². The third-order valence-electron chi connectivity index (χ3n) is 6.37. The largest absolute Gasteiger partial charge is 0.497 e. The minimum absolute atomic E-state index is 0.0851. The van der Waals surface area contributed by atoms with E-state index in [-0.39, 0.29) is 41.5 Å². The Labute approximate surface area is 234 Å². The average Bonchev–Trinajstić information content (AvgIpc) is 3.26. The second-order valence-electron chi connectivity index (χ2n) is 9.17. The molecule has 0 fully saturated rings. The molecule has 0 saturated heterocycles. The van der Waals surface area contributed by atoms with Crippen molar-refractivity contribution in [1.29, 1.82) is 0 Å². The van der Waals surface area contributed by atoms with E-state index in [1.54, 1.807) is 25.1 Å². The molecule has 2 amide bonds. The first-order chi connectivity index (χ1) is 19.8. The fourth-order valence-electron chi connectivity index (χ4n) is 4.20. The maximum atomic E-state index is 14.2. The number of carbonyl (C=O) groups is 2. The highest BCUT2D eigenvalue weighted by Gasteiger charge is 2.35. The quantitative estimate of drug-likeness (QED) is 0.297. The summed E-state index contributed by atoms with van der Waals surface area (Å²) in [6, 6.07) is 5.88. The van der Waals surface area contributed by atoms with Gasteiger partial charge >= 0.3 is 0 Å². The van der Waals surface area contributed by atoms with Gasteiger partial charge in [-0.2, -0.15) is 0 Å². The van der Waals surface area contributed by atoms with E-state index >= 15 is 0 Å². The summed E-state index contributed by atoms with van der Waals surface area (Å²) >= 11 is 6.34. The molecule has 0 saturated carbocycles. The number of nitrogens with one attached hydrogen (secondary N) is 2. The van der Waals surface area contributed by atoms with Gasteiger partial charge in [-0.05, 0) is 43.2 Å². The number of aliphatic hydroxyl groups excluding tert-OH is 2. The molecule has 4 N–H and O–H groups in total. The van der Waals surface area contributed by atoms with Crippen molar-refractivity contribution >= 4 is 29.4 Å². The van der Waals surface area contributed by atoms with Crippen molar-refractivity contribution in [1.82, 2.24) is 20.2 Å². The second kappa shape index (κ2) is 11.9. The van der Waals surface area contributed by atoms with Gasteiger partial charge in [0.05, 0.1) is 47.3 Å². The van der Waals surface area contributed by atoms with Crippen molar-refractivity contribution in [3.8, 4) is 17.0 Å². The minimum Gasteiger partial charge on any atom is -0.497 e. The van der Waals surface area contributed by atoms with Gasteiger partial charge in [0.2, 0.25) is 11.9 Å². The highest BCUT2D eigenvalue weighted by Crippen LogP contribution is 2.32. The van der Waals surface area contributed by atoms with Crippen LogP contribution in [0.5, 0.6) is 5.75 Å². The average molecular weight is 561 g/mol. The van der Waals surface area contributed by atoms with Crippen LogP contribution < -0.4 is 15.4 Å². The SMILES string of the molecule is [2H]C([2H])([2H])Oc1cc(F)cc([C@@H](CO)NC(=O)[C@@H](C)N2Cc3ccc(-c4nc(N[C@@H](C)CO)ncc4Cl)cc3C2=O)c1. The van der Waals surface area contributed by atoms with Crippen molar-refractivity contribution in [3.63, 3.8) is 0 Å². The van der Waals surface area contributed by atoms with Crippen LogP contribution in [0.15, 0.2) is 42.6 Å². The van der Waals surface area contributed by atoms with Gasteiger partial charge in [-0.3, -0.25) is 9.59 Å². The molecule has 1 aliphatic heterocycles. The van der Waals surface area contributed by atoms with E-state index in [4.69, 9.17) is 20.5 Å². The molecule has 0 radical (unpaired) electrons. The van der Waals surface area contributed by atoms with Crippen molar-refractivity contribution in [2.45, 2.75) is 38.5 Å². The van der Waals surface area contributed by atoms with Crippen LogP contribution in [-0.2, 0) is 11.3 Å². The van der Waals surface area contributed by atoms with Gasteiger partial charge in [0.1, 0.15) is 17.6 Å². The third kappa shape index (κ3) is 6.11. The number of ether oxygens (including phenoxy) is 1. The Morgan fingerprint density at radius 3 is 2.77 bits per heavy atom. The highest BCUT2D eigenvalue weighted by atomic mass is 35.5. The predicted octanol–water partition coefficient (Wildman–Crippen LogP) is 2.93. The van der Waals surface area contributed by atoms with Gasteiger partial charge in [-0.15, -0.1) is 0 Å². The van der Waals surface area contributed by atoms with E-state index in [0.29, 0.717) is 22.4 Å². The smallest absolute Gasteiger partial charge is 0.255 e. The summed E-state index contributed by atoms with van der Waals surface area (Å²) < 4.78 is 40.6. The standard InChI is InChI=1S/C27H29ClFN5O5/c1-14(12-35)31-27-30-10-22(28)24(33-27)16-4-5-17-11-34(26(38)21(17)8-16)15(2)25(37)32-23(13-36)18-6-19(29)9-20(7-18)39-3/h4-10,14-15,23,35-36H,11-13H2,1-3H3,(H,32,37)(H,30,31,33)/t14-,15+,23+/m0/s1/i3D3. The lowest BCUT2D eigenvalue weighted by molar-refractivity contribution is -0.126. The van der Waals surface area contributed by atoms with Crippen LogP contribution >= 0.6 is 11.6 Å². The lowest BCUT2D eigenvalue weighted by atomic mass is 10.0. The number of aliphatic hydroxyl groups is 2. The molecule has 0 bridgehead atoms. The molecule has 0 spiro atoms. The van der Waals surface area contributed by atoms with E-state index in [2.05, 4.69) is 20.6 Å². The van der Waals surface area contributed by atoms with E-state index in [1.165, 1.54) is 24.1 Å². The molecule has 10 nitrogen and oxygen atoms in total. The molecule has 0 unspecified atom stereocenters. The van der Waals surface area contributed by atoms with Crippen LogP contribution in [0.2, 0.25) is 5.02 Å². The molecule has 1 aliphatic rings. The van der Waals surface area contributed by atoms with Crippen molar-refractivity contribution < 1.29 is 33.0 Å². The monoisotopic (exact) mass is 560 g/mol. The molecule has 39 heavy (non-hydrogen) atoms. The Kier molecular flexibility index (Phi) is 7.42. The predicted molar refractivity (Wildman–Crippen MR) is 143 cm³/mol. The highest BCUT2D eigenvalue weighted by molar-refractivity contribution is 6.33. The number of nitrogens with zero attached hydrogens (tertiary/aromatic N) is 3. The van der Waals surface area contributed by atoms with Crippen molar-refractivity contribution in [3.05, 3.63) is 70.1 Å². The topological polar surface area (TPSA) is 137 Å². The Morgan fingerprint density at radius 2 is 2.05 bits per heavy atom. The number of amides is 2. The Morgan fingerprint density at radius 1 is 1.26 bits per heavy atom.